The highest BCUT2D eigenvalue weighted by atomic mass is 28.3. The van der Waals surface area contributed by atoms with Crippen LogP contribution in [0.2, 0.25) is 51.4 Å². The first kappa shape index (κ1) is 27.2. The predicted molar refractivity (Wildman–Crippen MR) is 136 cm³/mol. The highest BCUT2D eigenvalue weighted by Gasteiger charge is 2.30. The fourth-order valence-corrected chi connectivity index (χ4v) is 6.31. The fourth-order valence-electron chi connectivity index (χ4n) is 3.45. The molecule has 2 unspecified atom stereocenters. The summed E-state index contributed by atoms with van der Waals surface area (Å²) in [5.74, 6) is 0. The van der Waals surface area contributed by atoms with Gasteiger partial charge in [-0.15, -0.1) is 0 Å². The summed E-state index contributed by atoms with van der Waals surface area (Å²) in [4.78, 5) is 33.9. The molecule has 0 bridgehead atoms. The zero-order valence-corrected chi connectivity index (χ0v) is 22.4. The second kappa shape index (κ2) is 10.9. The second-order valence-corrected chi connectivity index (χ2v) is 21.7. The number of nitro groups is 2. The van der Waals surface area contributed by atoms with E-state index in [0.717, 1.165) is 0 Å². The van der Waals surface area contributed by atoms with E-state index >= 15 is 0 Å². The number of ether oxygens (including phenoxy) is 2. The van der Waals surface area contributed by atoms with E-state index in [1.54, 1.807) is 24.3 Å². The average Bonchev–Trinajstić information content (AvgIpc) is 2.71. The molecule has 2 aromatic carbocycles. The molecule has 184 valence electrons. The zero-order chi connectivity index (χ0) is 25.7. The summed E-state index contributed by atoms with van der Waals surface area (Å²) >= 11 is 0. The number of rotatable bonds is 10. The van der Waals surface area contributed by atoms with Crippen LogP contribution in [0.4, 0.5) is 16.2 Å². The van der Waals surface area contributed by atoms with Crippen LogP contribution >= 0.6 is 0 Å². The average molecular weight is 505 g/mol. The van der Waals surface area contributed by atoms with E-state index in [4.69, 9.17) is 9.47 Å². The lowest BCUT2D eigenvalue weighted by atomic mass is 10.1. The molecular weight excluding hydrogens is 472 g/mol. The van der Waals surface area contributed by atoms with Gasteiger partial charge in [0.2, 0.25) is 0 Å². The number of carbonyl (C=O) groups is 1. The van der Waals surface area contributed by atoms with Crippen molar-refractivity contribution in [3.05, 3.63) is 79.9 Å². The van der Waals surface area contributed by atoms with E-state index in [2.05, 4.69) is 39.3 Å². The van der Waals surface area contributed by atoms with Gasteiger partial charge < -0.3 is 9.47 Å². The van der Waals surface area contributed by atoms with Crippen molar-refractivity contribution < 1.29 is 24.1 Å². The molecule has 2 atom stereocenters. The van der Waals surface area contributed by atoms with Crippen molar-refractivity contribution in [3.63, 3.8) is 0 Å². The topological polar surface area (TPSA) is 122 Å². The summed E-state index contributed by atoms with van der Waals surface area (Å²) in [6.07, 6.45) is -2.02. The minimum Gasteiger partial charge on any atom is -0.426 e. The number of hydrogen-bond acceptors (Lipinski definition) is 7. The Morgan fingerprint density at radius 3 is 1.24 bits per heavy atom. The van der Waals surface area contributed by atoms with E-state index in [1.807, 2.05) is 0 Å². The molecule has 0 aliphatic carbocycles. The van der Waals surface area contributed by atoms with Gasteiger partial charge in [0.05, 0.1) is 9.85 Å². The molecule has 0 aliphatic heterocycles. The second-order valence-electron chi connectivity index (χ2n) is 10.7. The molecule has 0 N–H and O–H groups in total. The van der Waals surface area contributed by atoms with Gasteiger partial charge in [0.1, 0.15) is 12.2 Å². The van der Waals surface area contributed by atoms with Crippen molar-refractivity contribution in [1.82, 2.24) is 0 Å². The van der Waals surface area contributed by atoms with E-state index in [1.165, 1.54) is 24.3 Å². The van der Waals surface area contributed by atoms with Crippen LogP contribution in [0.25, 0.3) is 0 Å². The smallest absolute Gasteiger partial charge is 0.426 e. The molecule has 0 saturated carbocycles. The third-order valence-corrected chi connectivity index (χ3v) is 8.21. The van der Waals surface area contributed by atoms with Crippen molar-refractivity contribution in [1.29, 1.82) is 0 Å². The molecule has 0 spiro atoms. The van der Waals surface area contributed by atoms with Crippen LogP contribution in [0, 0.1) is 20.2 Å². The Morgan fingerprint density at radius 2 is 1.00 bits per heavy atom. The van der Waals surface area contributed by atoms with Gasteiger partial charge in [-0.25, -0.2) is 4.79 Å². The lowest BCUT2D eigenvalue weighted by molar-refractivity contribution is -0.385. The van der Waals surface area contributed by atoms with Crippen molar-refractivity contribution in [2.75, 3.05) is 0 Å². The van der Waals surface area contributed by atoms with Crippen LogP contribution in [0.15, 0.2) is 48.5 Å². The number of carbonyl (C=O) groups excluding carboxylic acids is 1. The Kier molecular flexibility index (Phi) is 8.73. The third-order valence-electron chi connectivity index (χ3n) is 5.02. The largest absolute Gasteiger partial charge is 0.509 e. The molecular formula is C23H32N2O7Si2. The number of nitro benzene ring substituents is 2. The molecule has 9 nitrogen and oxygen atoms in total. The van der Waals surface area contributed by atoms with Crippen LogP contribution in [-0.2, 0) is 9.47 Å². The number of hydrogen-bond donors (Lipinski definition) is 0. The minimum absolute atomic E-state index is 0.0357. The molecule has 2 aromatic rings. The normalized spacial score (nSPS) is 13.6. The summed E-state index contributed by atoms with van der Waals surface area (Å²) < 4.78 is 11.5. The van der Waals surface area contributed by atoms with Gasteiger partial charge in [-0.05, 0) is 47.5 Å². The Bertz CT molecular complexity index is 932. The van der Waals surface area contributed by atoms with Crippen molar-refractivity contribution in [2.24, 2.45) is 0 Å². The van der Waals surface area contributed by atoms with Crippen LogP contribution in [0.1, 0.15) is 23.3 Å². The van der Waals surface area contributed by atoms with Gasteiger partial charge >= 0.3 is 6.16 Å². The fraction of sp³-hybridized carbons (Fsp3) is 0.435. The van der Waals surface area contributed by atoms with E-state index < -0.39 is 44.4 Å². The molecule has 11 heteroatoms. The molecule has 2 rings (SSSR count). The van der Waals surface area contributed by atoms with Gasteiger partial charge in [0.25, 0.3) is 11.4 Å². The zero-order valence-electron chi connectivity index (χ0n) is 20.4. The van der Waals surface area contributed by atoms with Crippen molar-refractivity contribution >= 4 is 33.7 Å². The van der Waals surface area contributed by atoms with Crippen LogP contribution in [0.3, 0.4) is 0 Å². The lowest BCUT2D eigenvalue weighted by Crippen LogP contribution is -2.28. The van der Waals surface area contributed by atoms with Gasteiger partial charge in [-0.3, -0.25) is 20.2 Å². The van der Waals surface area contributed by atoms with Gasteiger partial charge in [-0.1, -0.05) is 39.3 Å². The van der Waals surface area contributed by atoms with Crippen molar-refractivity contribution in [2.45, 2.75) is 63.6 Å². The van der Waals surface area contributed by atoms with Crippen LogP contribution in [0.5, 0.6) is 0 Å². The van der Waals surface area contributed by atoms with E-state index in [-0.39, 0.29) is 11.4 Å². The SMILES string of the molecule is C[Si](C)(C)CC(OC(=O)OC(C[Si](C)(C)C)c1ccc([N+](=O)[O-])cc1)c1ccc([N+](=O)[O-])cc1. The first-order chi connectivity index (χ1) is 15.6. The molecule has 0 heterocycles. The minimum atomic E-state index is -1.69. The quantitative estimate of drug-likeness (QED) is 0.146. The van der Waals surface area contributed by atoms with Crippen LogP contribution < -0.4 is 0 Å². The van der Waals surface area contributed by atoms with E-state index in [0.29, 0.717) is 23.2 Å². The molecule has 0 fully saturated rings. The Labute approximate surface area is 201 Å². The highest BCUT2D eigenvalue weighted by Crippen LogP contribution is 2.33. The summed E-state index contributed by atoms with van der Waals surface area (Å²) in [7, 11) is -3.38. The van der Waals surface area contributed by atoms with Crippen LogP contribution in [-0.4, -0.2) is 32.1 Å². The lowest BCUT2D eigenvalue weighted by Gasteiger charge is -2.28. The Balaban J connectivity index is 2.26. The molecule has 0 aromatic heterocycles. The maximum atomic E-state index is 12.9. The summed E-state index contributed by atoms with van der Waals surface area (Å²) in [5.41, 5.74) is 1.27. The molecule has 0 saturated heterocycles. The summed E-state index contributed by atoms with van der Waals surface area (Å²) in [6.45, 7) is 12.9. The van der Waals surface area contributed by atoms with Gasteiger partial charge in [0.15, 0.2) is 0 Å². The van der Waals surface area contributed by atoms with Gasteiger partial charge in [0, 0.05) is 40.4 Å². The predicted octanol–water partition coefficient (Wildman–Crippen LogP) is 7.12. The number of benzene rings is 2. The molecule has 0 amide bonds. The number of nitrogens with zero attached hydrogens (tertiary/aromatic N) is 2. The molecule has 34 heavy (non-hydrogen) atoms. The monoisotopic (exact) mass is 504 g/mol. The molecule has 0 aliphatic rings. The highest BCUT2D eigenvalue weighted by molar-refractivity contribution is 6.76. The van der Waals surface area contributed by atoms with Gasteiger partial charge in [-0.2, -0.15) is 0 Å². The summed E-state index contributed by atoms with van der Waals surface area (Å²) in [6, 6.07) is 13.2. The maximum Gasteiger partial charge on any atom is 0.509 e. The van der Waals surface area contributed by atoms with Crippen molar-refractivity contribution in [3.8, 4) is 0 Å². The maximum absolute atomic E-state index is 12.9. The Hall–Kier alpha value is -3.06. The first-order valence-electron chi connectivity index (χ1n) is 11.0. The van der Waals surface area contributed by atoms with E-state index in [9.17, 15) is 25.0 Å². The Morgan fingerprint density at radius 1 is 0.706 bits per heavy atom. The standard InChI is InChI=1S/C23H32N2O7Si2/c1-33(2,3)15-21(17-7-11-19(12-8-17)24(27)28)31-23(26)32-22(16-34(4,5)6)18-9-13-20(14-10-18)25(29)30/h7-14,21-22H,15-16H2,1-6H3. The number of non-ortho nitro benzene ring substituents is 2. The third kappa shape index (κ3) is 8.71. The first-order valence-corrected chi connectivity index (χ1v) is 18.4. The summed E-state index contributed by atoms with van der Waals surface area (Å²) in [5, 5.41) is 22.0. The molecule has 0 radical (unpaired) electrons.